The van der Waals surface area contributed by atoms with Crippen molar-refractivity contribution in [3.8, 4) is 0 Å². The van der Waals surface area contributed by atoms with Crippen molar-refractivity contribution in [3.63, 3.8) is 0 Å². The van der Waals surface area contributed by atoms with Gasteiger partial charge in [-0.15, -0.1) is 0 Å². The Balaban J connectivity index is 2.69. The van der Waals surface area contributed by atoms with Crippen molar-refractivity contribution >= 4 is 53.5 Å². The Hall–Kier alpha value is 0.460. The number of hydrogen-bond acceptors (Lipinski definition) is 1. The van der Waals surface area contributed by atoms with Gasteiger partial charge in [0.2, 0.25) is 0 Å². The molecule has 0 unspecified atom stereocenters. The Kier molecular flexibility index (Phi) is 5.49. The maximum atomic E-state index is 5.80. The van der Waals surface area contributed by atoms with Gasteiger partial charge in [-0.25, -0.2) is 0 Å². The molecule has 0 fully saturated rings. The van der Waals surface area contributed by atoms with E-state index in [1.54, 1.807) is 0 Å². The monoisotopic (exact) mass is 383 g/mol. The highest BCUT2D eigenvalue weighted by Crippen LogP contribution is 2.30. The zero-order chi connectivity index (χ0) is 10.6. The first-order valence-corrected chi connectivity index (χ1v) is 7.15. The molecule has 0 aliphatic rings. The van der Waals surface area contributed by atoms with Gasteiger partial charge in [0.15, 0.2) is 0 Å². The quantitative estimate of drug-likeness (QED) is 0.460. The molecule has 1 nitrogen and oxygen atoms in total. The molecule has 2 N–H and O–H groups in total. The third-order valence-electron chi connectivity index (χ3n) is 1.99. The van der Waals surface area contributed by atoms with Crippen molar-refractivity contribution in [2.45, 2.75) is 19.3 Å². The molecule has 0 saturated carbocycles. The minimum Gasteiger partial charge on any atom is -0.397 e. The molecule has 14 heavy (non-hydrogen) atoms. The van der Waals surface area contributed by atoms with Crippen LogP contribution in [0.25, 0.3) is 0 Å². The maximum Gasteiger partial charge on any atom is 0.0603 e. The molecule has 0 heterocycles. The van der Waals surface area contributed by atoms with Crippen molar-refractivity contribution in [1.29, 1.82) is 0 Å². The molecule has 0 spiro atoms. The molecule has 0 bridgehead atoms. The van der Waals surface area contributed by atoms with Crippen molar-refractivity contribution in [2.75, 3.05) is 11.1 Å². The van der Waals surface area contributed by atoms with E-state index in [0.717, 1.165) is 26.4 Å². The molecule has 0 radical (unpaired) electrons. The Morgan fingerprint density at radius 2 is 1.64 bits per heavy atom. The molecule has 0 amide bonds. The van der Waals surface area contributed by atoms with Gasteiger partial charge in [0.05, 0.1) is 5.69 Å². The number of aryl methyl sites for hydroxylation is 1. The van der Waals surface area contributed by atoms with Gasteiger partial charge in [-0.3, -0.25) is 0 Å². The molecule has 0 atom stereocenters. The van der Waals surface area contributed by atoms with E-state index in [4.69, 9.17) is 5.73 Å². The van der Waals surface area contributed by atoms with Gasteiger partial charge >= 0.3 is 0 Å². The van der Waals surface area contributed by atoms with Gasteiger partial charge in [-0.05, 0) is 68.8 Å². The van der Waals surface area contributed by atoms with Crippen LogP contribution in [0.5, 0.6) is 0 Å². The normalized spacial score (nSPS) is 10.5. The lowest BCUT2D eigenvalue weighted by atomic mass is 10.1. The first-order valence-electron chi connectivity index (χ1n) is 4.44. The predicted molar refractivity (Wildman–Crippen MR) is 73.0 cm³/mol. The van der Waals surface area contributed by atoms with Crippen molar-refractivity contribution < 1.29 is 0 Å². The van der Waals surface area contributed by atoms with Crippen LogP contribution in [-0.2, 0) is 6.42 Å². The highest BCUT2D eigenvalue weighted by Gasteiger charge is 2.03. The summed E-state index contributed by atoms with van der Waals surface area (Å²) in [5.74, 6) is 0. The van der Waals surface area contributed by atoms with Crippen molar-refractivity contribution in [3.05, 3.63) is 26.6 Å². The first kappa shape index (κ1) is 12.5. The first-order chi connectivity index (χ1) is 6.65. The van der Waals surface area contributed by atoms with E-state index < -0.39 is 0 Å². The standard InChI is InChI=1S/C10H12Br3N/c11-4-2-1-3-7-5-8(12)10(14)9(13)6-7/h5-6H,1-4,14H2. The average molecular weight is 386 g/mol. The van der Waals surface area contributed by atoms with Crippen LogP contribution in [0.15, 0.2) is 21.1 Å². The number of anilines is 1. The third-order valence-corrected chi connectivity index (χ3v) is 3.86. The summed E-state index contributed by atoms with van der Waals surface area (Å²) < 4.78 is 1.95. The molecular formula is C10H12Br3N. The van der Waals surface area contributed by atoms with E-state index in [-0.39, 0.29) is 0 Å². The number of halogens is 3. The lowest BCUT2D eigenvalue weighted by Gasteiger charge is -2.06. The summed E-state index contributed by atoms with van der Waals surface area (Å²) in [7, 11) is 0. The second kappa shape index (κ2) is 6.13. The second-order valence-corrected chi connectivity index (χ2v) is 5.62. The van der Waals surface area contributed by atoms with E-state index in [0.29, 0.717) is 0 Å². The molecule has 0 aromatic heterocycles. The van der Waals surface area contributed by atoms with E-state index >= 15 is 0 Å². The Morgan fingerprint density at radius 3 is 2.14 bits per heavy atom. The Labute approximate surface area is 110 Å². The summed E-state index contributed by atoms with van der Waals surface area (Å²) in [5, 5.41) is 1.07. The molecule has 1 rings (SSSR count). The molecule has 0 aliphatic carbocycles. The number of hydrogen-bond donors (Lipinski definition) is 1. The van der Waals surface area contributed by atoms with Crippen molar-refractivity contribution in [1.82, 2.24) is 0 Å². The van der Waals surface area contributed by atoms with Crippen LogP contribution in [0.4, 0.5) is 5.69 Å². The van der Waals surface area contributed by atoms with E-state index in [9.17, 15) is 0 Å². The topological polar surface area (TPSA) is 26.0 Å². The van der Waals surface area contributed by atoms with Gasteiger partial charge in [0.25, 0.3) is 0 Å². The lowest BCUT2D eigenvalue weighted by molar-refractivity contribution is 0.805. The molecule has 78 valence electrons. The summed E-state index contributed by atoms with van der Waals surface area (Å²) in [6.07, 6.45) is 3.51. The fraction of sp³-hybridized carbons (Fsp3) is 0.400. The molecule has 1 aromatic carbocycles. The number of benzene rings is 1. The zero-order valence-electron chi connectivity index (χ0n) is 7.69. The summed E-state index contributed by atoms with van der Waals surface area (Å²) in [6.45, 7) is 0. The van der Waals surface area contributed by atoms with Crippen LogP contribution >= 0.6 is 47.8 Å². The number of alkyl halides is 1. The highest BCUT2D eigenvalue weighted by molar-refractivity contribution is 9.11. The van der Waals surface area contributed by atoms with Gasteiger partial charge in [0.1, 0.15) is 0 Å². The fourth-order valence-corrected chi connectivity index (χ4v) is 2.88. The van der Waals surface area contributed by atoms with Gasteiger partial charge in [-0.1, -0.05) is 15.9 Å². The minimum atomic E-state index is 0.772. The van der Waals surface area contributed by atoms with E-state index in [2.05, 4.69) is 59.9 Å². The van der Waals surface area contributed by atoms with Crippen LogP contribution in [-0.4, -0.2) is 5.33 Å². The molecule has 0 aliphatic heterocycles. The Bertz CT molecular complexity index is 289. The van der Waals surface area contributed by atoms with Gasteiger partial charge in [-0.2, -0.15) is 0 Å². The smallest absolute Gasteiger partial charge is 0.0603 e. The molecule has 0 saturated heterocycles. The minimum absolute atomic E-state index is 0.772. The van der Waals surface area contributed by atoms with Gasteiger partial charge in [0, 0.05) is 14.3 Å². The maximum absolute atomic E-state index is 5.80. The molecular weight excluding hydrogens is 374 g/mol. The Morgan fingerprint density at radius 1 is 1.07 bits per heavy atom. The largest absolute Gasteiger partial charge is 0.397 e. The summed E-state index contributed by atoms with van der Waals surface area (Å²) in [5.41, 5.74) is 7.90. The number of nitrogen functional groups attached to an aromatic ring is 1. The predicted octanol–water partition coefficient (Wildman–Crippen LogP) is 4.51. The SMILES string of the molecule is Nc1c(Br)cc(CCCCBr)cc1Br. The summed E-state index contributed by atoms with van der Waals surface area (Å²) in [6, 6.07) is 4.18. The number of unbranched alkanes of at least 4 members (excludes halogenated alkanes) is 1. The van der Waals surface area contributed by atoms with Crippen molar-refractivity contribution in [2.24, 2.45) is 0 Å². The third kappa shape index (κ3) is 3.55. The summed E-state index contributed by atoms with van der Waals surface area (Å²) in [4.78, 5) is 0. The van der Waals surface area contributed by atoms with Crippen LogP contribution in [0.2, 0.25) is 0 Å². The second-order valence-electron chi connectivity index (χ2n) is 3.12. The number of rotatable bonds is 4. The van der Waals surface area contributed by atoms with E-state index in [1.165, 1.54) is 18.4 Å². The van der Waals surface area contributed by atoms with Crippen LogP contribution in [0.1, 0.15) is 18.4 Å². The lowest BCUT2D eigenvalue weighted by Crippen LogP contribution is -1.92. The molecule has 4 heteroatoms. The van der Waals surface area contributed by atoms with Crippen LogP contribution < -0.4 is 5.73 Å². The average Bonchev–Trinajstić information content (AvgIpc) is 2.14. The van der Waals surface area contributed by atoms with E-state index in [1.807, 2.05) is 0 Å². The summed E-state index contributed by atoms with van der Waals surface area (Å²) >= 11 is 10.3. The van der Waals surface area contributed by atoms with Gasteiger partial charge < -0.3 is 5.73 Å². The van der Waals surface area contributed by atoms with Crippen LogP contribution in [0.3, 0.4) is 0 Å². The molecule has 1 aromatic rings. The highest BCUT2D eigenvalue weighted by atomic mass is 79.9. The zero-order valence-corrected chi connectivity index (χ0v) is 12.5. The fourth-order valence-electron chi connectivity index (χ4n) is 1.20. The number of nitrogens with two attached hydrogens (primary N) is 1. The van der Waals surface area contributed by atoms with Crippen LogP contribution in [0, 0.1) is 0 Å².